The van der Waals surface area contributed by atoms with Crippen molar-refractivity contribution in [2.75, 3.05) is 0 Å². The Bertz CT molecular complexity index is 751. The van der Waals surface area contributed by atoms with E-state index in [0.717, 1.165) is 30.4 Å². The first-order valence-corrected chi connectivity index (χ1v) is 8.48. The molecule has 1 aromatic heterocycles. The standard InChI is InChI=1S/C18H24N4O2/c1-12(2)14-8-7-13(9-18(14)22(23)24)10-19-16-5-4-6-17-15(16)11-20-21(17)3/h7-9,11-12,16,19H,4-6,10H2,1-3H3. The smallest absolute Gasteiger partial charge is 0.273 e. The molecule has 1 aliphatic carbocycles. The quantitative estimate of drug-likeness (QED) is 0.672. The normalized spacial score (nSPS) is 17.1. The molecular formula is C18H24N4O2. The largest absolute Gasteiger partial charge is 0.306 e. The lowest BCUT2D eigenvalue weighted by Crippen LogP contribution is -2.25. The predicted molar refractivity (Wildman–Crippen MR) is 92.9 cm³/mol. The molecule has 2 aromatic rings. The van der Waals surface area contributed by atoms with Gasteiger partial charge < -0.3 is 5.32 Å². The number of nitro groups is 1. The highest BCUT2D eigenvalue weighted by Crippen LogP contribution is 2.30. The van der Waals surface area contributed by atoms with Crippen LogP contribution in [0.3, 0.4) is 0 Å². The summed E-state index contributed by atoms with van der Waals surface area (Å²) in [6.07, 6.45) is 5.22. The highest BCUT2D eigenvalue weighted by atomic mass is 16.6. The molecule has 0 spiro atoms. The molecule has 1 N–H and O–H groups in total. The van der Waals surface area contributed by atoms with Crippen molar-refractivity contribution in [2.24, 2.45) is 7.05 Å². The lowest BCUT2D eigenvalue weighted by Gasteiger charge is -2.24. The van der Waals surface area contributed by atoms with Crippen molar-refractivity contribution < 1.29 is 4.92 Å². The van der Waals surface area contributed by atoms with Crippen molar-refractivity contribution in [2.45, 2.75) is 51.6 Å². The third-order valence-corrected chi connectivity index (χ3v) is 4.84. The van der Waals surface area contributed by atoms with Gasteiger partial charge in [0.25, 0.3) is 5.69 Å². The van der Waals surface area contributed by atoms with Gasteiger partial charge >= 0.3 is 0 Å². The number of nitrogens with one attached hydrogen (secondary N) is 1. The van der Waals surface area contributed by atoms with Gasteiger partial charge in [0.1, 0.15) is 0 Å². The molecule has 0 fully saturated rings. The van der Waals surface area contributed by atoms with E-state index in [0.29, 0.717) is 6.54 Å². The Morgan fingerprint density at radius 1 is 1.46 bits per heavy atom. The van der Waals surface area contributed by atoms with E-state index in [-0.39, 0.29) is 22.6 Å². The number of rotatable bonds is 5. The monoisotopic (exact) mass is 328 g/mol. The van der Waals surface area contributed by atoms with Crippen LogP contribution < -0.4 is 5.32 Å². The first kappa shape index (κ1) is 16.6. The highest BCUT2D eigenvalue weighted by molar-refractivity contribution is 5.45. The molecule has 1 heterocycles. The number of benzene rings is 1. The number of nitrogens with zero attached hydrogens (tertiary/aromatic N) is 3. The minimum atomic E-state index is -0.279. The van der Waals surface area contributed by atoms with Crippen molar-refractivity contribution in [3.05, 3.63) is 56.9 Å². The van der Waals surface area contributed by atoms with Gasteiger partial charge in [0, 0.05) is 42.5 Å². The summed E-state index contributed by atoms with van der Waals surface area (Å²) in [5, 5.41) is 19.2. The summed E-state index contributed by atoms with van der Waals surface area (Å²) in [6.45, 7) is 4.58. The van der Waals surface area contributed by atoms with Gasteiger partial charge in [0.05, 0.1) is 11.1 Å². The van der Waals surface area contributed by atoms with E-state index < -0.39 is 0 Å². The molecule has 24 heavy (non-hydrogen) atoms. The Morgan fingerprint density at radius 3 is 2.96 bits per heavy atom. The molecule has 0 amide bonds. The molecule has 0 saturated carbocycles. The van der Waals surface area contributed by atoms with Crippen LogP contribution in [0, 0.1) is 10.1 Å². The number of nitro benzene ring substituents is 1. The van der Waals surface area contributed by atoms with Crippen LogP contribution in [-0.2, 0) is 20.0 Å². The second-order valence-corrected chi connectivity index (χ2v) is 6.80. The fourth-order valence-electron chi connectivity index (χ4n) is 3.50. The van der Waals surface area contributed by atoms with E-state index in [1.165, 1.54) is 11.3 Å². The molecule has 0 aliphatic heterocycles. The minimum Gasteiger partial charge on any atom is -0.306 e. The van der Waals surface area contributed by atoms with Crippen LogP contribution in [0.15, 0.2) is 24.4 Å². The fourth-order valence-corrected chi connectivity index (χ4v) is 3.50. The van der Waals surface area contributed by atoms with Crippen LogP contribution in [0.5, 0.6) is 0 Å². The first-order valence-electron chi connectivity index (χ1n) is 8.48. The molecule has 1 unspecified atom stereocenters. The van der Waals surface area contributed by atoms with E-state index >= 15 is 0 Å². The SMILES string of the molecule is CC(C)c1ccc(CNC2CCCc3c2cnn3C)cc1[N+](=O)[O-]. The van der Waals surface area contributed by atoms with Gasteiger partial charge in [0.2, 0.25) is 0 Å². The molecule has 128 valence electrons. The summed E-state index contributed by atoms with van der Waals surface area (Å²) in [7, 11) is 1.98. The Kier molecular flexibility index (Phi) is 4.66. The Morgan fingerprint density at radius 2 is 2.25 bits per heavy atom. The van der Waals surface area contributed by atoms with Gasteiger partial charge in [-0.2, -0.15) is 5.10 Å². The number of hydrogen-bond acceptors (Lipinski definition) is 4. The van der Waals surface area contributed by atoms with Crippen LogP contribution in [0.25, 0.3) is 0 Å². The topological polar surface area (TPSA) is 73.0 Å². The predicted octanol–water partition coefficient (Wildman–Crippen LogP) is 3.62. The Balaban J connectivity index is 1.76. The number of hydrogen-bond donors (Lipinski definition) is 1. The van der Waals surface area contributed by atoms with E-state index in [4.69, 9.17) is 0 Å². The summed E-state index contributed by atoms with van der Waals surface area (Å²) in [5.74, 6) is 0.142. The van der Waals surface area contributed by atoms with Crippen molar-refractivity contribution in [3.8, 4) is 0 Å². The zero-order valence-electron chi connectivity index (χ0n) is 14.5. The van der Waals surface area contributed by atoms with Gasteiger partial charge in [-0.25, -0.2) is 0 Å². The number of aryl methyl sites for hydroxylation is 1. The fraction of sp³-hybridized carbons (Fsp3) is 0.500. The van der Waals surface area contributed by atoms with Crippen molar-refractivity contribution in [1.82, 2.24) is 15.1 Å². The Labute approximate surface area is 142 Å². The van der Waals surface area contributed by atoms with Crippen LogP contribution >= 0.6 is 0 Å². The van der Waals surface area contributed by atoms with Gasteiger partial charge in [-0.3, -0.25) is 14.8 Å². The third kappa shape index (κ3) is 3.19. The molecule has 1 atom stereocenters. The molecule has 6 nitrogen and oxygen atoms in total. The average molecular weight is 328 g/mol. The van der Waals surface area contributed by atoms with Crippen molar-refractivity contribution >= 4 is 5.69 Å². The molecular weight excluding hydrogens is 304 g/mol. The third-order valence-electron chi connectivity index (χ3n) is 4.84. The maximum Gasteiger partial charge on any atom is 0.273 e. The van der Waals surface area contributed by atoms with Crippen LogP contribution in [0.2, 0.25) is 0 Å². The average Bonchev–Trinajstić information content (AvgIpc) is 2.94. The molecule has 0 saturated heterocycles. The molecule has 3 rings (SSSR count). The molecule has 0 radical (unpaired) electrons. The lowest BCUT2D eigenvalue weighted by molar-refractivity contribution is -0.385. The highest BCUT2D eigenvalue weighted by Gasteiger charge is 2.23. The minimum absolute atomic E-state index is 0.142. The number of aromatic nitrogens is 2. The van der Waals surface area contributed by atoms with Gasteiger partial charge in [-0.15, -0.1) is 0 Å². The summed E-state index contributed by atoms with van der Waals surface area (Å²) in [4.78, 5) is 11.0. The van der Waals surface area contributed by atoms with Crippen LogP contribution in [0.4, 0.5) is 5.69 Å². The maximum absolute atomic E-state index is 11.3. The summed E-state index contributed by atoms with van der Waals surface area (Å²) >= 11 is 0. The maximum atomic E-state index is 11.3. The van der Waals surface area contributed by atoms with Gasteiger partial charge in [-0.05, 0) is 30.7 Å². The van der Waals surface area contributed by atoms with E-state index in [1.807, 2.05) is 43.9 Å². The van der Waals surface area contributed by atoms with E-state index in [9.17, 15) is 10.1 Å². The Hall–Kier alpha value is -2.21. The van der Waals surface area contributed by atoms with Crippen LogP contribution in [0.1, 0.15) is 61.0 Å². The van der Waals surface area contributed by atoms with Crippen molar-refractivity contribution in [3.63, 3.8) is 0 Å². The number of fused-ring (bicyclic) bond motifs is 1. The summed E-state index contributed by atoms with van der Waals surface area (Å²) < 4.78 is 1.95. The van der Waals surface area contributed by atoms with Gasteiger partial charge in [-0.1, -0.05) is 26.0 Å². The van der Waals surface area contributed by atoms with Gasteiger partial charge in [0.15, 0.2) is 0 Å². The first-order chi connectivity index (χ1) is 11.5. The zero-order valence-corrected chi connectivity index (χ0v) is 14.5. The molecule has 6 heteroatoms. The van der Waals surface area contributed by atoms with Crippen LogP contribution in [-0.4, -0.2) is 14.7 Å². The molecule has 1 aliphatic rings. The zero-order chi connectivity index (χ0) is 17.3. The second kappa shape index (κ2) is 6.73. The summed E-state index contributed by atoms with van der Waals surface area (Å²) in [5.41, 5.74) is 4.50. The molecule has 1 aromatic carbocycles. The molecule has 0 bridgehead atoms. The summed E-state index contributed by atoms with van der Waals surface area (Å²) in [6, 6.07) is 5.85. The second-order valence-electron chi connectivity index (χ2n) is 6.80. The lowest BCUT2D eigenvalue weighted by atomic mass is 9.92. The van der Waals surface area contributed by atoms with E-state index in [2.05, 4.69) is 10.4 Å². The van der Waals surface area contributed by atoms with E-state index in [1.54, 1.807) is 6.07 Å². The van der Waals surface area contributed by atoms with Crippen molar-refractivity contribution in [1.29, 1.82) is 0 Å².